The van der Waals surface area contributed by atoms with E-state index in [-0.39, 0.29) is 29.9 Å². The van der Waals surface area contributed by atoms with E-state index in [0.29, 0.717) is 0 Å². The van der Waals surface area contributed by atoms with Gasteiger partial charge in [-0.1, -0.05) is 15.9 Å². The summed E-state index contributed by atoms with van der Waals surface area (Å²) in [6.07, 6.45) is 0. The molecule has 0 aliphatic heterocycles. The first-order valence-electron chi connectivity index (χ1n) is 7.28. The van der Waals surface area contributed by atoms with Gasteiger partial charge in [0.25, 0.3) is 11.8 Å². The maximum Gasteiger partial charge on any atom is 0.282 e. The summed E-state index contributed by atoms with van der Waals surface area (Å²) in [5, 5.41) is 5.76. The minimum absolute atomic E-state index is 0.0618. The Hall–Kier alpha value is -1.40. The normalized spacial score (nSPS) is 14.1. The van der Waals surface area contributed by atoms with Crippen molar-refractivity contribution in [2.45, 2.75) is 39.3 Å². The molecule has 0 saturated heterocycles. The summed E-state index contributed by atoms with van der Waals surface area (Å²) < 4.78 is 0.958. The third-order valence-corrected chi connectivity index (χ3v) is 3.73. The van der Waals surface area contributed by atoms with Crippen LogP contribution in [0.1, 0.15) is 27.7 Å². The van der Waals surface area contributed by atoms with Crippen molar-refractivity contribution in [2.24, 2.45) is 0 Å². The van der Waals surface area contributed by atoms with Gasteiger partial charge in [0.1, 0.15) is 0 Å². The minimum atomic E-state index is -0.325. The van der Waals surface area contributed by atoms with Crippen molar-refractivity contribution in [3.8, 4) is 0 Å². The first-order valence-corrected chi connectivity index (χ1v) is 8.07. The van der Waals surface area contributed by atoms with E-state index >= 15 is 0 Å². The maximum atomic E-state index is 12.2. The quantitative estimate of drug-likeness (QED) is 0.729. The molecule has 0 radical (unpaired) electrons. The second-order valence-electron chi connectivity index (χ2n) is 6.54. The monoisotopic (exact) mass is 370 g/mol. The zero-order valence-electron chi connectivity index (χ0n) is 13.8. The number of nitrogens with one attached hydrogen (secondary N) is 3. The molecule has 0 aliphatic rings. The predicted octanol–water partition coefficient (Wildman–Crippen LogP) is 1.21. The van der Waals surface area contributed by atoms with Gasteiger partial charge in [-0.15, -0.1) is 0 Å². The van der Waals surface area contributed by atoms with Crippen LogP contribution in [0.3, 0.4) is 0 Å². The summed E-state index contributed by atoms with van der Waals surface area (Å²) in [4.78, 5) is 25.0. The number of hydrogen-bond acceptors (Lipinski definition) is 2. The lowest BCUT2D eigenvalue weighted by molar-refractivity contribution is -0.885. The third-order valence-electron chi connectivity index (χ3n) is 3.20. The van der Waals surface area contributed by atoms with Crippen molar-refractivity contribution in [1.82, 2.24) is 5.32 Å². The van der Waals surface area contributed by atoms with Crippen molar-refractivity contribution in [3.05, 3.63) is 28.7 Å². The number of halogens is 1. The third kappa shape index (κ3) is 6.58. The summed E-state index contributed by atoms with van der Waals surface area (Å²) in [6.45, 7) is 7.87. The van der Waals surface area contributed by atoms with Gasteiger partial charge in [-0.3, -0.25) is 9.59 Å². The highest BCUT2D eigenvalue weighted by Gasteiger charge is 2.25. The Labute approximate surface area is 140 Å². The lowest BCUT2D eigenvalue weighted by atomic mass is 10.1. The Morgan fingerprint density at radius 2 is 1.77 bits per heavy atom. The van der Waals surface area contributed by atoms with Crippen LogP contribution in [0.4, 0.5) is 5.69 Å². The van der Waals surface area contributed by atoms with Crippen LogP contribution in [-0.4, -0.2) is 37.0 Å². The number of likely N-dealkylation sites (N-methyl/N-ethyl adjacent to an activating group) is 1. The smallest absolute Gasteiger partial charge is 0.282 e. The summed E-state index contributed by atoms with van der Waals surface area (Å²) in [5.74, 6) is -0.170. The highest BCUT2D eigenvalue weighted by atomic mass is 79.9. The number of amides is 2. The molecule has 0 saturated carbocycles. The van der Waals surface area contributed by atoms with Crippen LogP contribution in [0, 0.1) is 0 Å². The molecule has 3 N–H and O–H groups in total. The second-order valence-corrected chi connectivity index (χ2v) is 7.45. The SMILES string of the molecule is C[C@@H](C(=O)Nc1ccc(Br)cc1)[NH+](C)CC(=O)NC(C)(C)C. The van der Waals surface area contributed by atoms with Gasteiger partial charge in [-0.05, 0) is 52.0 Å². The van der Waals surface area contributed by atoms with E-state index in [9.17, 15) is 9.59 Å². The molecule has 2 amide bonds. The fourth-order valence-corrected chi connectivity index (χ4v) is 2.14. The van der Waals surface area contributed by atoms with Crippen molar-refractivity contribution in [1.29, 1.82) is 0 Å². The Kier molecular flexibility index (Phi) is 6.56. The average Bonchev–Trinajstić information content (AvgIpc) is 2.38. The highest BCUT2D eigenvalue weighted by Crippen LogP contribution is 2.14. The topological polar surface area (TPSA) is 62.6 Å². The highest BCUT2D eigenvalue weighted by molar-refractivity contribution is 9.10. The molecule has 0 spiro atoms. The van der Waals surface area contributed by atoms with E-state index in [4.69, 9.17) is 0 Å². The van der Waals surface area contributed by atoms with E-state index in [0.717, 1.165) is 15.1 Å². The summed E-state index contributed by atoms with van der Waals surface area (Å²) in [7, 11) is 1.84. The molecule has 122 valence electrons. The molecule has 22 heavy (non-hydrogen) atoms. The Bertz CT molecular complexity index is 523. The average molecular weight is 371 g/mol. The first kappa shape index (κ1) is 18.6. The van der Waals surface area contributed by atoms with Crippen LogP contribution in [0.2, 0.25) is 0 Å². The number of carbonyl (C=O) groups excluding carboxylic acids is 2. The lowest BCUT2D eigenvalue weighted by Crippen LogP contribution is -3.15. The van der Waals surface area contributed by atoms with E-state index < -0.39 is 0 Å². The standard InChI is InChI=1S/C16H24BrN3O2/c1-11(20(5)10-14(21)19-16(2,3)4)15(22)18-13-8-6-12(17)7-9-13/h6-9,11H,10H2,1-5H3,(H,18,22)(H,19,21)/p+1/t11-/m0/s1. The summed E-state index contributed by atoms with van der Waals surface area (Å²) in [5.41, 5.74) is 0.479. The Balaban J connectivity index is 2.54. The molecular weight excluding hydrogens is 346 g/mol. The maximum absolute atomic E-state index is 12.2. The van der Waals surface area contributed by atoms with Crippen molar-refractivity contribution in [3.63, 3.8) is 0 Å². The van der Waals surface area contributed by atoms with Crippen LogP contribution in [0.25, 0.3) is 0 Å². The van der Waals surface area contributed by atoms with Crippen LogP contribution in [0.15, 0.2) is 28.7 Å². The summed E-state index contributed by atoms with van der Waals surface area (Å²) >= 11 is 3.35. The van der Waals surface area contributed by atoms with Crippen molar-refractivity contribution in [2.75, 3.05) is 18.9 Å². The van der Waals surface area contributed by atoms with Crippen LogP contribution in [-0.2, 0) is 9.59 Å². The molecule has 0 aromatic heterocycles. The van der Waals surface area contributed by atoms with Gasteiger partial charge < -0.3 is 15.5 Å². The van der Waals surface area contributed by atoms with E-state index in [1.807, 2.05) is 59.0 Å². The number of carbonyl (C=O) groups is 2. The molecular formula is C16H25BrN3O2+. The molecule has 5 nitrogen and oxygen atoms in total. The molecule has 0 bridgehead atoms. The number of rotatable bonds is 5. The Morgan fingerprint density at radius 1 is 1.23 bits per heavy atom. The number of benzene rings is 1. The van der Waals surface area contributed by atoms with Gasteiger partial charge in [0.2, 0.25) is 0 Å². The fraction of sp³-hybridized carbons (Fsp3) is 0.500. The van der Waals surface area contributed by atoms with Crippen LogP contribution >= 0.6 is 15.9 Å². The molecule has 2 atom stereocenters. The molecule has 1 aromatic rings. The number of hydrogen-bond donors (Lipinski definition) is 3. The van der Waals surface area contributed by atoms with Gasteiger partial charge in [-0.25, -0.2) is 0 Å². The second kappa shape index (κ2) is 7.74. The number of anilines is 1. The molecule has 0 heterocycles. The van der Waals surface area contributed by atoms with Crippen LogP contribution < -0.4 is 15.5 Å². The Morgan fingerprint density at radius 3 is 2.27 bits per heavy atom. The van der Waals surface area contributed by atoms with E-state index in [1.54, 1.807) is 0 Å². The lowest BCUT2D eigenvalue weighted by Gasteiger charge is -2.24. The van der Waals surface area contributed by atoms with Gasteiger partial charge in [-0.2, -0.15) is 0 Å². The van der Waals surface area contributed by atoms with Gasteiger partial charge >= 0.3 is 0 Å². The van der Waals surface area contributed by atoms with Gasteiger partial charge in [0.05, 0.1) is 7.05 Å². The molecule has 6 heteroatoms. The molecule has 1 aromatic carbocycles. The molecule has 1 rings (SSSR count). The molecule has 0 fully saturated rings. The number of quaternary nitrogens is 1. The molecule has 1 unspecified atom stereocenters. The van der Waals surface area contributed by atoms with E-state index in [2.05, 4.69) is 26.6 Å². The summed E-state index contributed by atoms with van der Waals surface area (Å²) in [6, 6.07) is 7.07. The van der Waals surface area contributed by atoms with Crippen molar-refractivity contribution >= 4 is 33.4 Å². The largest absolute Gasteiger partial charge is 0.347 e. The predicted molar refractivity (Wildman–Crippen MR) is 91.9 cm³/mol. The fourth-order valence-electron chi connectivity index (χ4n) is 1.88. The first-order chi connectivity index (χ1) is 10.1. The molecule has 0 aliphatic carbocycles. The van der Waals surface area contributed by atoms with Crippen LogP contribution in [0.5, 0.6) is 0 Å². The van der Waals surface area contributed by atoms with E-state index in [1.165, 1.54) is 0 Å². The minimum Gasteiger partial charge on any atom is -0.347 e. The zero-order valence-corrected chi connectivity index (χ0v) is 15.4. The van der Waals surface area contributed by atoms with Gasteiger partial charge in [0, 0.05) is 15.7 Å². The van der Waals surface area contributed by atoms with Gasteiger partial charge in [0.15, 0.2) is 12.6 Å². The zero-order chi connectivity index (χ0) is 16.9. The van der Waals surface area contributed by atoms with Crippen molar-refractivity contribution < 1.29 is 14.5 Å².